The molecule has 0 atom stereocenters. The van der Waals surface area contributed by atoms with E-state index < -0.39 is 0 Å². The van der Waals surface area contributed by atoms with E-state index in [4.69, 9.17) is 5.73 Å². The fourth-order valence-electron chi connectivity index (χ4n) is 0.973. The second kappa shape index (κ2) is 5.00. The number of nitrogens with one attached hydrogen (secondary N) is 1. The van der Waals surface area contributed by atoms with E-state index in [0.29, 0.717) is 11.1 Å². The van der Waals surface area contributed by atoms with Crippen LogP contribution in [0.15, 0.2) is 18.5 Å². The first-order chi connectivity index (χ1) is 6.79. The maximum absolute atomic E-state index is 11.4. The Hall–Kier alpha value is -1.86. The predicted molar refractivity (Wildman–Crippen MR) is 53.6 cm³/mol. The topological polar surface area (TPSA) is 68.0 Å². The monoisotopic (exact) mass is 189 g/mol. The average molecular weight is 189 g/mol. The Morgan fingerprint density at radius 2 is 2.50 bits per heavy atom. The molecule has 1 aromatic heterocycles. The van der Waals surface area contributed by atoms with Crippen LogP contribution in [-0.2, 0) is 0 Å². The van der Waals surface area contributed by atoms with E-state index in [2.05, 4.69) is 22.1 Å². The Balaban J connectivity index is 3.09. The van der Waals surface area contributed by atoms with Gasteiger partial charge in [-0.15, -0.1) is 0 Å². The van der Waals surface area contributed by atoms with E-state index in [1.807, 2.05) is 0 Å². The third kappa shape index (κ3) is 2.31. The Labute approximate surface area is 82.5 Å². The van der Waals surface area contributed by atoms with Gasteiger partial charge >= 0.3 is 0 Å². The van der Waals surface area contributed by atoms with E-state index in [0.717, 1.165) is 0 Å². The third-order valence-corrected chi connectivity index (χ3v) is 1.62. The van der Waals surface area contributed by atoms with Crippen molar-refractivity contribution < 1.29 is 4.79 Å². The molecule has 4 nitrogen and oxygen atoms in total. The lowest BCUT2D eigenvalue weighted by atomic mass is 10.1. The summed E-state index contributed by atoms with van der Waals surface area (Å²) < 4.78 is 0. The molecular formula is C10H11N3O. The van der Waals surface area contributed by atoms with Gasteiger partial charge in [-0.05, 0) is 6.07 Å². The Morgan fingerprint density at radius 3 is 3.14 bits per heavy atom. The maximum Gasteiger partial charge on any atom is 0.252 e. The van der Waals surface area contributed by atoms with Crippen LogP contribution in [0.1, 0.15) is 15.9 Å². The summed E-state index contributed by atoms with van der Waals surface area (Å²) in [6, 6.07) is 1.62. The molecule has 1 aromatic rings. The summed E-state index contributed by atoms with van der Waals surface area (Å²) in [5.74, 6) is 5.30. The zero-order valence-corrected chi connectivity index (χ0v) is 7.87. The molecular weight excluding hydrogens is 178 g/mol. The first kappa shape index (κ1) is 10.2. The third-order valence-electron chi connectivity index (χ3n) is 1.62. The van der Waals surface area contributed by atoms with Crippen molar-refractivity contribution in [1.29, 1.82) is 0 Å². The lowest BCUT2D eigenvalue weighted by Gasteiger charge is -2.00. The predicted octanol–water partition coefficient (Wildman–Crippen LogP) is -0.249. The van der Waals surface area contributed by atoms with Crippen molar-refractivity contribution in [3.05, 3.63) is 29.6 Å². The minimum atomic E-state index is -0.172. The Kier molecular flexibility index (Phi) is 3.65. The molecule has 0 aliphatic heterocycles. The number of hydrogen-bond acceptors (Lipinski definition) is 3. The molecule has 1 heterocycles. The molecule has 3 N–H and O–H groups in total. The quantitative estimate of drug-likeness (QED) is 0.599. The maximum atomic E-state index is 11.4. The molecule has 4 heteroatoms. The molecule has 1 amide bonds. The molecule has 0 aliphatic rings. The van der Waals surface area contributed by atoms with Crippen LogP contribution in [0.25, 0.3) is 0 Å². The van der Waals surface area contributed by atoms with Crippen LogP contribution in [0.4, 0.5) is 0 Å². The standard InChI is InChI=1S/C10H11N3O/c1-12-10(14)9-4-6-13-7-8(9)3-2-5-11/h4,6-7H,5,11H2,1H3,(H,12,14). The number of rotatable bonds is 1. The highest BCUT2D eigenvalue weighted by Crippen LogP contribution is 2.04. The van der Waals surface area contributed by atoms with Gasteiger partial charge in [-0.25, -0.2) is 0 Å². The highest BCUT2D eigenvalue weighted by atomic mass is 16.1. The first-order valence-electron chi connectivity index (χ1n) is 4.14. The van der Waals surface area contributed by atoms with E-state index >= 15 is 0 Å². The van der Waals surface area contributed by atoms with Crippen molar-refractivity contribution in [2.75, 3.05) is 13.6 Å². The molecule has 72 valence electrons. The fraction of sp³-hybridized carbons (Fsp3) is 0.200. The highest BCUT2D eigenvalue weighted by molar-refractivity contribution is 5.96. The molecule has 0 saturated heterocycles. The summed E-state index contributed by atoms with van der Waals surface area (Å²) in [5.41, 5.74) is 6.35. The van der Waals surface area contributed by atoms with Gasteiger partial charge in [0.1, 0.15) is 0 Å². The number of aromatic nitrogens is 1. The van der Waals surface area contributed by atoms with Gasteiger partial charge in [0.2, 0.25) is 0 Å². The van der Waals surface area contributed by atoms with Crippen LogP contribution >= 0.6 is 0 Å². The zero-order chi connectivity index (χ0) is 10.4. The van der Waals surface area contributed by atoms with E-state index in [-0.39, 0.29) is 12.5 Å². The van der Waals surface area contributed by atoms with Crippen LogP contribution in [-0.4, -0.2) is 24.5 Å². The van der Waals surface area contributed by atoms with E-state index in [9.17, 15) is 4.79 Å². The molecule has 0 spiro atoms. The molecule has 0 radical (unpaired) electrons. The number of amides is 1. The van der Waals surface area contributed by atoms with Crippen molar-refractivity contribution in [2.24, 2.45) is 5.73 Å². The molecule has 0 aliphatic carbocycles. The number of nitrogens with zero attached hydrogens (tertiary/aromatic N) is 1. The van der Waals surface area contributed by atoms with Gasteiger partial charge in [0.25, 0.3) is 5.91 Å². The molecule has 0 saturated carbocycles. The summed E-state index contributed by atoms with van der Waals surface area (Å²) in [6.45, 7) is 0.266. The minimum absolute atomic E-state index is 0.172. The number of hydrogen-bond donors (Lipinski definition) is 2. The van der Waals surface area contributed by atoms with Crippen molar-refractivity contribution in [3.8, 4) is 11.8 Å². The smallest absolute Gasteiger partial charge is 0.252 e. The molecule has 0 unspecified atom stereocenters. The fourth-order valence-corrected chi connectivity index (χ4v) is 0.973. The van der Waals surface area contributed by atoms with Crippen molar-refractivity contribution in [3.63, 3.8) is 0 Å². The van der Waals surface area contributed by atoms with Gasteiger partial charge in [0, 0.05) is 19.4 Å². The van der Waals surface area contributed by atoms with Gasteiger partial charge in [0.15, 0.2) is 0 Å². The van der Waals surface area contributed by atoms with E-state index in [1.54, 1.807) is 25.5 Å². The summed E-state index contributed by atoms with van der Waals surface area (Å²) in [4.78, 5) is 15.3. The normalized spacial score (nSPS) is 8.71. The summed E-state index contributed by atoms with van der Waals surface area (Å²) in [5, 5.41) is 2.53. The molecule has 0 fully saturated rings. The van der Waals surface area contributed by atoms with Crippen molar-refractivity contribution >= 4 is 5.91 Å². The van der Waals surface area contributed by atoms with Crippen LogP contribution in [0.5, 0.6) is 0 Å². The lowest BCUT2D eigenvalue weighted by Crippen LogP contribution is -2.19. The minimum Gasteiger partial charge on any atom is -0.355 e. The van der Waals surface area contributed by atoms with Crippen LogP contribution in [0.3, 0.4) is 0 Å². The largest absolute Gasteiger partial charge is 0.355 e. The number of nitrogens with two attached hydrogens (primary N) is 1. The van der Waals surface area contributed by atoms with Crippen LogP contribution in [0, 0.1) is 11.8 Å². The SMILES string of the molecule is CNC(=O)c1ccncc1C#CCN. The van der Waals surface area contributed by atoms with E-state index in [1.165, 1.54) is 0 Å². The van der Waals surface area contributed by atoms with Gasteiger partial charge in [-0.1, -0.05) is 11.8 Å². The van der Waals surface area contributed by atoms with Crippen molar-refractivity contribution in [2.45, 2.75) is 0 Å². The molecule has 14 heavy (non-hydrogen) atoms. The molecule has 0 aromatic carbocycles. The van der Waals surface area contributed by atoms with Gasteiger partial charge in [0.05, 0.1) is 17.7 Å². The van der Waals surface area contributed by atoms with Crippen LogP contribution < -0.4 is 11.1 Å². The summed E-state index contributed by atoms with van der Waals surface area (Å²) in [7, 11) is 1.57. The number of carbonyl (C=O) groups is 1. The van der Waals surface area contributed by atoms with Crippen molar-refractivity contribution in [1.82, 2.24) is 10.3 Å². The second-order valence-corrected chi connectivity index (χ2v) is 2.51. The highest BCUT2D eigenvalue weighted by Gasteiger charge is 2.06. The molecule has 1 rings (SSSR count). The Morgan fingerprint density at radius 1 is 1.71 bits per heavy atom. The average Bonchev–Trinajstić information content (AvgIpc) is 2.25. The lowest BCUT2D eigenvalue weighted by molar-refractivity contribution is 0.0963. The second-order valence-electron chi connectivity index (χ2n) is 2.51. The van der Waals surface area contributed by atoms with Gasteiger partial charge in [-0.3, -0.25) is 9.78 Å². The summed E-state index contributed by atoms with van der Waals surface area (Å²) >= 11 is 0. The molecule has 0 bridgehead atoms. The zero-order valence-electron chi connectivity index (χ0n) is 7.87. The Bertz CT molecular complexity index is 390. The van der Waals surface area contributed by atoms with Gasteiger partial charge < -0.3 is 11.1 Å². The van der Waals surface area contributed by atoms with Crippen LogP contribution in [0.2, 0.25) is 0 Å². The van der Waals surface area contributed by atoms with Gasteiger partial charge in [-0.2, -0.15) is 0 Å². The summed E-state index contributed by atoms with van der Waals surface area (Å²) in [6.07, 6.45) is 3.10. The first-order valence-corrected chi connectivity index (χ1v) is 4.14. The number of pyridine rings is 1. The number of carbonyl (C=O) groups excluding carboxylic acids is 1.